The first-order valence-corrected chi connectivity index (χ1v) is 11.5. The first-order valence-electron chi connectivity index (χ1n) is 11.5. The fourth-order valence-corrected chi connectivity index (χ4v) is 4.20. The number of Topliss-reactive ketones (excluding diaryl/α,β-unsaturated/α-hetero) is 1. The Hall–Kier alpha value is -3.38. The Morgan fingerprint density at radius 3 is 2.36 bits per heavy atom. The number of carbonyl (C=O) groups is 2. The van der Waals surface area contributed by atoms with Crippen molar-refractivity contribution >= 4 is 17.4 Å². The van der Waals surface area contributed by atoms with Crippen molar-refractivity contribution in [2.45, 2.75) is 26.3 Å². The molecule has 6 heteroatoms. The normalized spacial score (nSPS) is 17.5. The molecule has 1 aliphatic heterocycles. The van der Waals surface area contributed by atoms with Gasteiger partial charge in [-0.2, -0.15) is 0 Å². The Morgan fingerprint density at radius 1 is 1.09 bits per heavy atom. The van der Waals surface area contributed by atoms with E-state index in [1.807, 2.05) is 18.2 Å². The number of ether oxygens (including phenoxy) is 1. The summed E-state index contributed by atoms with van der Waals surface area (Å²) < 4.78 is 5.56. The van der Waals surface area contributed by atoms with Crippen molar-refractivity contribution < 1.29 is 24.3 Å². The van der Waals surface area contributed by atoms with Gasteiger partial charge in [-0.25, -0.2) is 0 Å². The molecule has 2 aromatic rings. The van der Waals surface area contributed by atoms with Crippen LogP contribution in [0.1, 0.15) is 37.4 Å². The van der Waals surface area contributed by atoms with E-state index < -0.39 is 23.5 Å². The van der Waals surface area contributed by atoms with Crippen molar-refractivity contribution in [1.29, 1.82) is 0 Å². The number of nitrogens with zero attached hydrogens (tertiary/aromatic N) is 1. The van der Waals surface area contributed by atoms with Crippen LogP contribution in [0.25, 0.3) is 5.76 Å². The van der Waals surface area contributed by atoms with E-state index in [-0.39, 0.29) is 5.57 Å². The monoisotopic (exact) mass is 448 g/mol. The van der Waals surface area contributed by atoms with E-state index in [0.717, 1.165) is 31.6 Å². The quantitative estimate of drug-likeness (QED) is 0.246. The lowest BCUT2D eigenvalue weighted by atomic mass is 9.95. The number of benzene rings is 2. The summed E-state index contributed by atoms with van der Waals surface area (Å²) in [6.45, 7) is 11.6. The molecular weight excluding hydrogens is 416 g/mol. The van der Waals surface area contributed by atoms with Gasteiger partial charge in [0.25, 0.3) is 5.91 Å². The van der Waals surface area contributed by atoms with E-state index in [1.165, 1.54) is 4.90 Å². The molecule has 0 radical (unpaired) electrons. The second-order valence-corrected chi connectivity index (χ2v) is 8.07. The lowest BCUT2D eigenvalue weighted by Gasteiger charge is -2.28. The zero-order valence-corrected chi connectivity index (χ0v) is 19.4. The number of ketones is 1. The Labute approximate surface area is 195 Å². The molecule has 1 atom stereocenters. The zero-order valence-electron chi connectivity index (χ0n) is 19.4. The fraction of sp³-hybridized carbons (Fsp3) is 0.333. The highest BCUT2D eigenvalue weighted by atomic mass is 16.5. The van der Waals surface area contributed by atoms with Crippen molar-refractivity contribution in [3.8, 4) is 5.75 Å². The highest BCUT2D eigenvalue weighted by Crippen LogP contribution is 2.39. The molecule has 1 saturated heterocycles. The fourth-order valence-electron chi connectivity index (χ4n) is 4.20. The smallest absolute Gasteiger partial charge is 0.295 e. The summed E-state index contributed by atoms with van der Waals surface area (Å²) in [5, 5.41) is 13.3. The molecule has 0 aliphatic carbocycles. The minimum atomic E-state index is -0.712. The summed E-state index contributed by atoms with van der Waals surface area (Å²) in [4.78, 5) is 29.0. The number of rotatable bonds is 11. The number of nitrogens with one attached hydrogen (secondary N) is 1. The maximum atomic E-state index is 13.3. The Balaban J connectivity index is 1.98. The maximum absolute atomic E-state index is 13.3. The Morgan fingerprint density at radius 2 is 1.76 bits per heavy atom. The first kappa shape index (κ1) is 24.3. The average Bonchev–Trinajstić information content (AvgIpc) is 3.10. The molecule has 1 aliphatic rings. The highest BCUT2D eigenvalue weighted by molar-refractivity contribution is 6.46. The third-order valence-electron chi connectivity index (χ3n) is 6.06. The molecular formula is C27H32N2O4. The molecule has 6 nitrogen and oxygen atoms in total. The number of hydrogen-bond acceptors (Lipinski definition) is 4. The van der Waals surface area contributed by atoms with Gasteiger partial charge in [0.2, 0.25) is 5.78 Å². The molecule has 1 amide bonds. The molecule has 1 N–H and O–H groups in total. The third kappa shape index (κ3) is 5.52. The number of carbonyl (C=O) groups excluding carboxylic acids is 2. The third-order valence-corrected chi connectivity index (χ3v) is 6.06. The van der Waals surface area contributed by atoms with Gasteiger partial charge in [-0.05, 0) is 37.1 Å². The zero-order chi connectivity index (χ0) is 23.8. The van der Waals surface area contributed by atoms with Gasteiger partial charge in [0.1, 0.15) is 12.4 Å². The number of hydrogen-bond donors (Lipinski definition) is 1. The van der Waals surface area contributed by atoms with Crippen LogP contribution in [0.4, 0.5) is 0 Å². The largest absolute Gasteiger partial charge is 0.872 e. The van der Waals surface area contributed by atoms with Gasteiger partial charge < -0.3 is 19.6 Å². The summed E-state index contributed by atoms with van der Waals surface area (Å²) >= 11 is 0. The molecule has 0 aromatic heterocycles. The van der Waals surface area contributed by atoms with Crippen molar-refractivity contribution in [3.05, 3.63) is 84.0 Å². The predicted octanol–water partition coefficient (Wildman–Crippen LogP) is 1.79. The summed E-state index contributed by atoms with van der Waals surface area (Å²) in [5.41, 5.74) is 1.13. The van der Waals surface area contributed by atoms with Crippen LogP contribution in [0.5, 0.6) is 5.75 Å². The van der Waals surface area contributed by atoms with E-state index in [9.17, 15) is 14.7 Å². The number of likely N-dealkylation sites (tertiary alicyclic amines) is 1. The van der Waals surface area contributed by atoms with Gasteiger partial charge in [-0.1, -0.05) is 60.9 Å². The van der Waals surface area contributed by atoms with E-state index >= 15 is 0 Å². The van der Waals surface area contributed by atoms with Crippen LogP contribution >= 0.6 is 0 Å². The second kappa shape index (κ2) is 11.5. The maximum Gasteiger partial charge on any atom is 0.295 e. The molecule has 0 saturated carbocycles. The molecule has 1 unspecified atom stereocenters. The van der Waals surface area contributed by atoms with Gasteiger partial charge in [0.05, 0.1) is 25.7 Å². The van der Waals surface area contributed by atoms with E-state index in [0.29, 0.717) is 24.5 Å². The lowest BCUT2D eigenvalue weighted by Crippen LogP contribution is -3.11. The van der Waals surface area contributed by atoms with Gasteiger partial charge in [-0.3, -0.25) is 9.59 Å². The molecule has 0 bridgehead atoms. The van der Waals surface area contributed by atoms with Crippen LogP contribution in [-0.4, -0.2) is 49.4 Å². The minimum absolute atomic E-state index is 0.0150. The van der Waals surface area contributed by atoms with E-state index in [1.54, 1.807) is 47.4 Å². The van der Waals surface area contributed by atoms with Gasteiger partial charge in [-0.15, -0.1) is 0 Å². The predicted molar refractivity (Wildman–Crippen MR) is 126 cm³/mol. The highest BCUT2D eigenvalue weighted by Gasteiger charge is 2.43. The number of quaternary nitrogens is 1. The van der Waals surface area contributed by atoms with Gasteiger partial charge in [0, 0.05) is 18.5 Å². The van der Waals surface area contributed by atoms with Crippen LogP contribution in [0, 0.1) is 0 Å². The average molecular weight is 449 g/mol. The lowest BCUT2D eigenvalue weighted by molar-refractivity contribution is -0.896. The Bertz CT molecular complexity index is 995. The van der Waals surface area contributed by atoms with Crippen LogP contribution in [-0.2, 0) is 9.59 Å². The standard InChI is InChI=1S/C27H32N2O4/c1-4-19-33-22-15-13-20(14-16-22)24-23(25(30)21-11-8-7-9-12-21)26(31)27(32)29(24)18-10-17-28(5-2)6-3/h4,7-9,11-16,24,30H,1,5-6,10,17-19H2,2-3H3/b25-23+. The topological polar surface area (TPSA) is 74.1 Å². The molecule has 1 heterocycles. The Kier molecular flexibility index (Phi) is 8.44. The first-order chi connectivity index (χ1) is 16.0. The van der Waals surface area contributed by atoms with Crippen LogP contribution in [0.3, 0.4) is 0 Å². The molecule has 0 spiro atoms. The minimum Gasteiger partial charge on any atom is -0.872 e. The SMILES string of the molecule is C=CCOc1ccc(C2/C(=C(\[O-])c3ccccc3)C(=O)C(=O)N2CCC[NH+](CC)CC)cc1. The molecule has 174 valence electrons. The van der Waals surface area contributed by atoms with E-state index in [4.69, 9.17) is 4.74 Å². The summed E-state index contributed by atoms with van der Waals surface area (Å²) in [7, 11) is 0. The summed E-state index contributed by atoms with van der Waals surface area (Å²) in [6, 6.07) is 15.1. The van der Waals surface area contributed by atoms with Crippen molar-refractivity contribution in [2.75, 3.05) is 32.8 Å². The molecule has 33 heavy (non-hydrogen) atoms. The van der Waals surface area contributed by atoms with Crippen molar-refractivity contribution in [3.63, 3.8) is 0 Å². The van der Waals surface area contributed by atoms with Gasteiger partial charge in [0.15, 0.2) is 0 Å². The molecule has 3 rings (SSSR count). The summed E-state index contributed by atoms with van der Waals surface area (Å²) in [6.07, 6.45) is 2.41. The van der Waals surface area contributed by atoms with Crippen molar-refractivity contribution in [1.82, 2.24) is 4.90 Å². The van der Waals surface area contributed by atoms with Crippen LogP contribution in [0.15, 0.2) is 72.8 Å². The summed E-state index contributed by atoms with van der Waals surface area (Å²) in [5.74, 6) is -1.07. The van der Waals surface area contributed by atoms with Crippen LogP contribution in [0.2, 0.25) is 0 Å². The van der Waals surface area contributed by atoms with Gasteiger partial charge >= 0.3 is 0 Å². The second-order valence-electron chi connectivity index (χ2n) is 8.07. The molecule has 1 fully saturated rings. The van der Waals surface area contributed by atoms with E-state index in [2.05, 4.69) is 20.4 Å². The number of amides is 1. The van der Waals surface area contributed by atoms with Crippen LogP contribution < -0.4 is 14.7 Å². The van der Waals surface area contributed by atoms with Crippen molar-refractivity contribution in [2.24, 2.45) is 0 Å². The molecule has 2 aromatic carbocycles.